The lowest BCUT2D eigenvalue weighted by atomic mass is 9.93. The molecule has 0 aromatic heterocycles. The normalized spacial score (nSPS) is 21.9. The van der Waals surface area contributed by atoms with Crippen molar-refractivity contribution in [2.24, 2.45) is 0 Å². The molecule has 3 atom stereocenters. The predicted octanol–water partition coefficient (Wildman–Crippen LogP) is 4.32. The highest BCUT2D eigenvalue weighted by Crippen LogP contribution is 2.34. The van der Waals surface area contributed by atoms with E-state index in [0.717, 1.165) is 27.9 Å². The quantitative estimate of drug-likeness (QED) is 0.506. The molecule has 1 aliphatic rings. The van der Waals surface area contributed by atoms with Crippen LogP contribution in [-0.4, -0.2) is 41.3 Å². The van der Waals surface area contributed by atoms with E-state index in [1.807, 2.05) is 36.4 Å². The van der Waals surface area contributed by atoms with Gasteiger partial charge in [-0.1, -0.05) is 29.8 Å². The Morgan fingerprint density at radius 1 is 1.24 bits per heavy atom. The summed E-state index contributed by atoms with van der Waals surface area (Å²) in [6.45, 7) is 4.04. The molecule has 4 N–H and O–H groups in total. The summed E-state index contributed by atoms with van der Waals surface area (Å²) in [6, 6.07) is 12.1. The number of nitrogens with one attached hydrogen (secondary N) is 2. The number of rotatable bonds is 7. The maximum absolute atomic E-state index is 10.1. The zero-order valence-corrected chi connectivity index (χ0v) is 17.6. The lowest BCUT2D eigenvalue weighted by Gasteiger charge is -2.32. The molecule has 0 saturated carbocycles. The van der Waals surface area contributed by atoms with Crippen LogP contribution in [0, 0.1) is 5.41 Å². The van der Waals surface area contributed by atoms with Gasteiger partial charge in [0, 0.05) is 41.4 Å². The number of hydrogen-bond acceptors (Lipinski definition) is 5. The van der Waals surface area contributed by atoms with E-state index < -0.39 is 6.10 Å². The van der Waals surface area contributed by atoms with Crippen LogP contribution in [0.2, 0.25) is 5.02 Å². The Labute approximate surface area is 177 Å². The first-order chi connectivity index (χ1) is 13.9. The second kappa shape index (κ2) is 9.72. The highest BCUT2D eigenvalue weighted by molar-refractivity contribution is 6.31. The molecule has 2 aromatic carbocycles. The van der Waals surface area contributed by atoms with Gasteiger partial charge < -0.3 is 25.7 Å². The van der Waals surface area contributed by atoms with Gasteiger partial charge >= 0.3 is 0 Å². The summed E-state index contributed by atoms with van der Waals surface area (Å²) in [5.74, 6) is 0. The van der Waals surface area contributed by atoms with E-state index in [9.17, 15) is 10.2 Å². The van der Waals surface area contributed by atoms with E-state index in [1.165, 1.54) is 6.21 Å². The van der Waals surface area contributed by atoms with Gasteiger partial charge in [0.05, 0.1) is 24.9 Å². The van der Waals surface area contributed by atoms with Crippen LogP contribution in [0.3, 0.4) is 0 Å². The number of hydrogen-bond donors (Lipinski definition) is 4. The highest BCUT2D eigenvalue weighted by Gasteiger charge is 2.29. The molecule has 156 valence electrons. The van der Waals surface area contributed by atoms with E-state index >= 15 is 0 Å². The number of anilines is 1. The van der Waals surface area contributed by atoms with Crippen LogP contribution in [0.1, 0.15) is 55.0 Å². The first-order valence-electron chi connectivity index (χ1n) is 10.0. The topological polar surface area (TPSA) is 85.6 Å². The number of halogens is 1. The third kappa shape index (κ3) is 5.58. The van der Waals surface area contributed by atoms with Crippen molar-refractivity contribution < 1.29 is 14.9 Å². The third-order valence-corrected chi connectivity index (χ3v) is 5.50. The molecule has 0 spiro atoms. The third-order valence-electron chi connectivity index (χ3n) is 5.13. The average Bonchev–Trinajstić information content (AvgIpc) is 2.69. The molecular formula is C23H29ClN2O3. The number of aliphatic hydroxyl groups excluding tert-OH is 2. The molecule has 29 heavy (non-hydrogen) atoms. The standard InChI is InChI=1S/C23H29ClN2O3/c1-14(2)26-22-6-3-15(8-18(22)12-25)7-17-9-16(4-5-21(17)24)23-11-19(28)10-20(13-27)29-23/h3-6,8-9,12,14,19-20,23,25-28H,7,10-11,13H2,1-2H3. The number of benzene rings is 2. The van der Waals surface area contributed by atoms with Crippen molar-refractivity contribution in [3.05, 3.63) is 63.7 Å². The summed E-state index contributed by atoms with van der Waals surface area (Å²) in [5, 5.41) is 31.3. The lowest BCUT2D eigenvalue weighted by molar-refractivity contribution is -0.113. The maximum Gasteiger partial charge on any atom is 0.0854 e. The van der Waals surface area contributed by atoms with Crippen LogP contribution in [0.4, 0.5) is 5.69 Å². The number of ether oxygens (including phenoxy) is 1. The second-order valence-corrected chi connectivity index (χ2v) is 8.35. The van der Waals surface area contributed by atoms with Crippen molar-refractivity contribution in [1.29, 1.82) is 5.41 Å². The van der Waals surface area contributed by atoms with E-state index in [0.29, 0.717) is 30.3 Å². The van der Waals surface area contributed by atoms with Crippen LogP contribution in [0.15, 0.2) is 36.4 Å². The average molecular weight is 417 g/mol. The lowest BCUT2D eigenvalue weighted by Crippen LogP contribution is -2.33. The minimum atomic E-state index is -0.485. The van der Waals surface area contributed by atoms with Gasteiger partial charge in [-0.25, -0.2) is 0 Å². The summed E-state index contributed by atoms with van der Waals surface area (Å²) in [6.07, 6.45) is 1.86. The van der Waals surface area contributed by atoms with Crippen molar-refractivity contribution in [2.45, 2.75) is 57.5 Å². The monoisotopic (exact) mass is 416 g/mol. The molecule has 0 amide bonds. The van der Waals surface area contributed by atoms with Gasteiger partial charge in [-0.05, 0) is 55.2 Å². The van der Waals surface area contributed by atoms with E-state index in [4.69, 9.17) is 21.7 Å². The van der Waals surface area contributed by atoms with Gasteiger partial charge in [0.2, 0.25) is 0 Å². The summed E-state index contributed by atoms with van der Waals surface area (Å²) in [5.41, 5.74) is 4.77. The SMILES string of the molecule is CC(C)Nc1ccc(Cc2cc(C3CC(O)CC(CO)O3)ccc2Cl)cc1C=N. The summed E-state index contributed by atoms with van der Waals surface area (Å²) < 4.78 is 5.94. The van der Waals surface area contributed by atoms with Crippen molar-refractivity contribution in [3.63, 3.8) is 0 Å². The molecule has 3 unspecified atom stereocenters. The summed E-state index contributed by atoms with van der Waals surface area (Å²) in [7, 11) is 0. The molecule has 1 fully saturated rings. The van der Waals surface area contributed by atoms with E-state index in [1.54, 1.807) is 0 Å². The minimum absolute atomic E-state index is 0.100. The largest absolute Gasteiger partial charge is 0.394 e. The molecule has 1 saturated heterocycles. The maximum atomic E-state index is 10.1. The van der Waals surface area contributed by atoms with Crippen molar-refractivity contribution >= 4 is 23.5 Å². The molecule has 0 radical (unpaired) electrons. The van der Waals surface area contributed by atoms with Gasteiger partial charge in [-0.3, -0.25) is 0 Å². The van der Waals surface area contributed by atoms with Crippen molar-refractivity contribution in [2.75, 3.05) is 11.9 Å². The summed E-state index contributed by atoms with van der Waals surface area (Å²) >= 11 is 6.46. The van der Waals surface area contributed by atoms with Gasteiger partial charge in [0.25, 0.3) is 0 Å². The van der Waals surface area contributed by atoms with Crippen molar-refractivity contribution in [3.8, 4) is 0 Å². The van der Waals surface area contributed by atoms with Gasteiger partial charge in [-0.2, -0.15) is 0 Å². The molecule has 1 heterocycles. The van der Waals surface area contributed by atoms with Gasteiger partial charge in [0.15, 0.2) is 0 Å². The molecular weight excluding hydrogens is 388 g/mol. The fourth-order valence-electron chi connectivity index (χ4n) is 3.76. The predicted molar refractivity (Wildman–Crippen MR) is 117 cm³/mol. The molecule has 3 rings (SSSR count). The fraction of sp³-hybridized carbons (Fsp3) is 0.435. The van der Waals surface area contributed by atoms with Crippen LogP contribution in [-0.2, 0) is 11.2 Å². The Balaban J connectivity index is 1.83. The summed E-state index contributed by atoms with van der Waals surface area (Å²) in [4.78, 5) is 0. The first-order valence-corrected chi connectivity index (χ1v) is 10.4. The smallest absolute Gasteiger partial charge is 0.0854 e. The first kappa shape index (κ1) is 21.8. The zero-order chi connectivity index (χ0) is 21.0. The van der Waals surface area contributed by atoms with Crippen LogP contribution in [0.5, 0.6) is 0 Å². The highest BCUT2D eigenvalue weighted by atomic mass is 35.5. The van der Waals surface area contributed by atoms with Crippen LogP contribution >= 0.6 is 11.6 Å². The Morgan fingerprint density at radius 3 is 2.72 bits per heavy atom. The Hall–Kier alpha value is -1.92. The molecule has 5 nitrogen and oxygen atoms in total. The van der Waals surface area contributed by atoms with Crippen LogP contribution in [0.25, 0.3) is 0 Å². The van der Waals surface area contributed by atoms with Crippen molar-refractivity contribution in [1.82, 2.24) is 0 Å². The Morgan fingerprint density at radius 2 is 2.03 bits per heavy atom. The zero-order valence-electron chi connectivity index (χ0n) is 16.9. The molecule has 2 aromatic rings. The van der Waals surface area contributed by atoms with Gasteiger partial charge in [0.1, 0.15) is 0 Å². The molecule has 1 aliphatic heterocycles. The van der Waals surface area contributed by atoms with E-state index in [2.05, 4.69) is 19.2 Å². The van der Waals surface area contributed by atoms with E-state index in [-0.39, 0.29) is 18.8 Å². The number of aliphatic hydroxyl groups is 2. The second-order valence-electron chi connectivity index (χ2n) is 7.95. The fourth-order valence-corrected chi connectivity index (χ4v) is 3.94. The van der Waals surface area contributed by atoms with Crippen LogP contribution < -0.4 is 5.32 Å². The van der Waals surface area contributed by atoms with Gasteiger partial charge in [-0.15, -0.1) is 0 Å². The minimum Gasteiger partial charge on any atom is -0.394 e. The Bertz CT molecular complexity index is 856. The Kier molecular flexibility index (Phi) is 7.30. The molecule has 0 bridgehead atoms. The molecule has 6 heteroatoms. The molecule has 0 aliphatic carbocycles.